The molecule has 2 rings (SSSR count). The largest absolute Gasteiger partial charge is 0.398 e. The molecule has 2 aromatic carbocycles. The Morgan fingerprint density at radius 3 is 2.48 bits per heavy atom. The number of benzene rings is 2. The number of hydrogen-bond donors (Lipinski definition) is 3. The summed E-state index contributed by atoms with van der Waals surface area (Å²) in [5.41, 5.74) is 7.47. The molecule has 0 fully saturated rings. The van der Waals surface area contributed by atoms with Gasteiger partial charge in [0.1, 0.15) is 4.90 Å². The summed E-state index contributed by atoms with van der Waals surface area (Å²) in [4.78, 5) is 0.0216. The summed E-state index contributed by atoms with van der Waals surface area (Å²) in [5, 5.41) is 9.99. The van der Waals surface area contributed by atoms with Gasteiger partial charge in [-0.1, -0.05) is 36.4 Å². The van der Waals surface area contributed by atoms with E-state index in [4.69, 9.17) is 5.73 Å². The van der Waals surface area contributed by atoms with E-state index >= 15 is 0 Å². The van der Waals surface area contributed by atoms with Crippen molar-refractivity contribution in [3.05, 3.63) is 59.7 Å². The first-order chi connectivity index (χ1) is 9.90. The number of sulfonamides is 1. The highest BCUT2D eigenvalue weighted by molar-refractivity contribution is 7.89. The van der Waals surface area contributed by atoms with Crippen LogP contribution in [0.3, 0.4) is 0 Å². The van der Waals surface area contributed by atoms with Crippen LogP contribution < -0.4 is 10.5 Å². The van der Waals surface area contributed by atoms with Gasteiger partial charge in [-0.15, -0.1) is 0 Å². The number of anilines is 1. The Kier molecular flexibility index (Phi) is 4.62. The number of rotatable bonds is 5. The van der Waals surface area contributed by atoms with Crippen molar-refractivity contribution in [3.8, 4) is 0 Å². The van der Waals surface area contributed by atoms with Crippen molar-refractivity contribution in [2.45, 2.75) is 17.9 Å². The second-order valence-corrected chi connectivity index (χ2v) is 6.56. The highest BCUT2D eigenvalue weighted by Crippen LogP contribution is 2.20. The molecule has 0 amide bonds. The SMILES string of the molecule is Cc1ccc(S(=O)(=O)NCC(O)c2ccccc2)c(N)c1. The van der Waals surface area contributed by atoms with Crippen molar-refractivity contribution in [1.82, 2.24) is 4.72 Å². The van der Waals surface area contributed by atoms with E-state index in [0.29, 0.717) is 5.56 Å². The quantitative estimate of drug-likeness (QED) is 0.731. The van der Waals surface area contributed by atoms with Crippen LogP contribution >= 0.6 is 0 Å². The van der Waals surface area contributed by atoms with Crippen molar-refractivity contribution in [1.29, 1.82) is 0 Å². The highest BCUT2D eigenvalue weighted by Gasteiger charge is 2.19. The second-order valence-electron chi connectivity index (χ2n) is 4.82. The number of aliphatic hydroxyl groups is 1. The smallest absolute Gasteiger partial charge is 0.242 e. The molecule has 0 aromatic heterocycles. The fraction of sp³-hybridized carbons (Fsp3) is 0.200. The Morgan fingerprint density at radius 2 is 1.86 bits per heavy atom. The zero-order valence-corrected chi connectivity index (χ0v) is 12.5. The fourth-order valence-electron chi connectivity index (χ4n) is 1.97. The molecule has 2 aromatic rings. The Labute approximate surface area is 124 Å². The van der Waals surface area contributed by atoms with Crippen molar-refractivity contribution >= 4 is 15.7 Å². The third kappa shape index (κ3) is 3.81. The van der Waals surface area contributed by atoms with Gasteiger partial charge in [0.2, 0.25) is 10.0 Å². The zero-order chi connectivity index (χ0) is 15.5. The van der Waals surface area contributed by atoms with Crippen LogP contribution in [-0.4, -0.2) is 20.1 Å². The first-order valence-corrected chi connectivity index (χ1v) is 7.97. The van der Waals surface area contributed by atoms with Gasteiger partial charge in [-0.05, 0) is 30.2 Å². The number of nitrogens with two attached hydrogens (primary N) is 1. The molecule has 0 saturated carbocycles. The van der Waals surface area contributed by atoms with Crippen LogP contribution in [0.25, 0.3) is 0 Å². The normalized spacial score (nSPS) is 13.0. The molecule has 21 heavy (non-hydrogen) atoms. The molecule has 0 aliphatic rings. The predicted octanol–water partition coefficient (Wildman–Crippen LogP) is 1.59. The van der Waals surface area contributed by atoms with Gasteiger partial charge >= 0.3 is 0 Å². The van der Waals surface area contributed by atoms with E-state index in [1.54, 1.807) is 36.4 Å². The summed E-state index contributed by atoms with van der Waals surface area (Å²) in [6.07, 6.45) is -0.910. The maximum absolute atomic E-state index is 12.2. The number of aryl methyl sites for hydroxylation is 1. The first-order valence-electron chi connectivity index (χ1n) is 6.49. The van der Waals surface area contributed by atoms with Crippen molar-refractivity contribution < 1.29 is 13.5 Å². The van der Waals surface area contributed by atoms with E-state index < -0.39 is 16.1 Å². The third-order valence-electron chi connectivity index (χ3n) is 3.11. The molecule has 1 atom stereocenters. The van der Waals surface area contributed by atoms with Gasteiger partial charge in [0.25, 0.3) is 0 Å². The van der Waals surface area contributed by atoms with Gasteiger partial charge in [0, 0.05) is 6.54 Å². The molecule has 0 aliphatic heterocycles. The molecule has 0 aliphatic carbocycles. The van der Waals surface area contributed by atoms with E-state index in [9.17, 15) is 13.5 Å². The summed E-state index contributed by atoms with van der Waals surface area (Å²) >= 11 is 0. The lowest BCUT2D eigenvalue weighted by atomic mass is 10.1. The molecule has 5 nitrogen and oxygen atoms in total. The van der Waals surface area contributed by atoms with E-state index in [-0.39, 0.29) is 17.1 Å². The first kappa shape index (κ1) is 15.5. The molecule has 6 heteroatoms. The van der Waals surface area contributed by atoms with Crippen LogP contribution in [0, 0.1) is 6.92 Å². The van der Waals surface area contributed by atoms with Crippen LogP contribution in [0.5, 0.6) is 0 Å². The summed E-state index contributed by atoms with van der Waals surface area (Å²) in [7, 11) is -3.75. The molecule has 0 spiro atoms. The van der Waals surface area contributed by atoms with E-state index in [2.05, 4.69) is 4.72 Å². The lowest BCUT2D eigenvalue weighted by Crippen LogP contribution is -2.29. The van der Waals surface area contributed by atoms with Gasteiger partial charge in [-0.25, -0.2) is 13.1 Å². The Balaban J connectivity index is 2.11. The third-order valence-corrected chi connectivity index (χ3v) is 4.60. The van der Waals surface area contributed by atoms with Crippen LogP contribution in [0.15, 0.2) is 53.4 Å². The Morgan fingerprint density at radius 1 is 1.19 bits per heavy atom. The highest BCUT2D eigenvalue weighted by atomic mass is 32.2. The maximum atomic E-state index is 12.2. The number of hydrogen-bond acceptors (Lipinski definition) is 4. The minimum Gasteiger partial charge on any atom is -0.398 e. The monoisotopic (exact) mass is 306 g/mol. The minimum atomic E-state index is -3.75. The zero-order valence-electron chi connectivity index (χ0n) is 11.7. The van der Waals surface area contributed by atoms with E-state index in [1.807, 2.05) is 13.0 Å². The number of nitrogens with one attached hydrogen (secondary N) is 1. The minimum absolute atomic E-state index is 0.0216. The lowest BCUT2D eigenvalue weighted by molar-refractivity contribution is 0.182. The molecule has 0 saturated heterocycles. The fourth-order valence-corrected chi connectivity index (χ4v) is 3.12. The molecular formula is C15H18N2O3S. The maximum Gasteiger partial charge on any atom is 0.242 e. The van der Waals surface area contributed by atoms with Crippen molar-refractivity contribution in [2.24, 2.45) is 0 Å². The standard InChI is InChI=1S/C15H18N2O3S/c1-11-7-8-15(13(16)9-11)21(19,20)17-10-14(18)12-5-3-2-4-6-12/h2-9,14,17-18H,10,16H2,1H3. The van der Waals surface area contributed by atoms with Gasteiger partial charge < -0.3 is 10.8 Å². The van der Waals surface area contributed by atoms with Gasteiger partial charge in [0.05, 0.1) is 11.8 Å². The average Bonchev–Trinajstić information content (AvgIpc) is 2.45. The predicted molar refractivity (Wildman–Crippen MR) is 82.2 cm³/mol. The van der Waals surface area contributed by atoms with Crippen LogP contribution in [0.1, 0.15) is 17.2 Å². The molecule has 1 unspecified atom stereocenters. The van der Waals surface area contributed by atoms with Gasteiger partial charge in [-0.3, -0.25) is 0 Å². The summed E-state index contributed by atoms with van der Waals surface area (Å²) in [5.74, 6) is 0. The molecule has 4 N–H and O–H groups in total. The van der Waals surface area contributed by atoms with E-state index in [0.717, 1.165) is 5.56 Å². The van der Waals surface area contributed by atoms with Crippen LogP contribution in [0.4, 0.5) is 5.69 Å². The summed E-state index contributed by atoms with van der Waals surface area (Å²) in [6.45, 7) is 1.72. The summed E-state index contributed by atoms with van der Waals surface area (Å²) in [6, 6.07) is 13.6. The van der Waals surface area contributed by atoms with E-state index in [1.165, 1.54) is 6.07 Å². The number of aliphatic hydroxyl groups excluding tert-OH is 1. The molecule has 0 heterocycles. The second kappa shape index (κ2) is 6.26. The molecule has 0 radical (unpaired) electrons. The van der Waals surface area contributed by atoms with Crippen LogP contribution in [-0.2, 0) is 10.0 Å². The Bertz CT molecular complexity index is 715. The molecule has 112 valence electrons. The average molecular weight is 306 g/mol. The van der Waals surface area contributed by atoms with Gasteiger partial charge in [-0.2, -0.15) is 0 Å². The van der Waals surface area contributed by atoms with Gasteiger partial charge in [0.15, 0.2) is 0 Å². The molecule has 0 bridgehead atoms. The molecular weight excluding hydrogens is 288 g/mol. The van der Waals surface area contributed by atoms with Crippen LogP contribution in [0.2, 0.25) is 0 Å². The Hall–Kier alpha value is -1.89. The topological polar surface area (TPSA) is 92.4 Å². The van der Waals surface area contributed by atoms with Crippen molar-refractivity contribution in [2.75, 3.05) is 12.3 Å². The summed E-state index contributed by atoms with van der Waals surface area (Å²) < 4.78 is 26.8. The van der Waals surface area contributed by atoms with Crippen molar-refractivity contribution in [3.63, 3.8) is 0 Å². The number of nitrogen functional groups attached to an aromatic ring is 1. The lowest BCUT2D eigenvalue weighted by Gasteiger charge is -2.13.